The summed E-state index contributed by atoms with van der Waals surface area (Å²) in [7, 11) is 0. The molecule has 4 fully saturated rings. The first-order valence-corrected chi connectivity index (χ1v) is 11.4. The quantitative estimate of drug-likeness (QED) is 0.694. The zero-order valence-electron chi connectivity index (χ0n) is 18.9. The molecule has 0 spiro atoms. The maximum Gasteiger partial charge on any atom is 0.303 e. The number of Topliss-reactive ketones (excluding diaryl/α,β-unsaturated/α-hetero) is 3. The third kappa shape index (κ3) is 3.57. The van der Waals surface area contributed by atoms with Crippen LogP contribution in [0.25, 0.3) is 0 Å². The molecular formula is C24H34NaO5. The Labute approximate surface area is 201 Å². The third-order valence-electron chi connectivity index (χ3n) is 9.72. The molecule has 4 aliphatic rings. The zero-order valence-corrected chi connectivity index (χ0v) is 20.9. The second-order valence-electron chi connectivity index (χ2n) is 10.9. The number of ketones is 3. The molecule has 0 saturated heterocycles. The Hall–Kier alpha value is -0.520. The summed E-state index contributed by atoms with van der Waals surface area (Å²) >= 11 is 0. The Morgan fingerprint density at radius 1 is 1.10 bits per heavy atom. The van der Waals surface area contributed by atoms with Crippen LogP contribution >= 0.6 is 0 Å². The van der Waals surface area contributed by atoms with Crippen LogP contribution < -0.4 is 0 Å². The van der Waals surface area contributed by atoms with E-state index in [0.717, 1.165) is 19.3 Å². The Bertz CT molecular complexity index is 763. The van der Waals surface area contributed by atoms with E-state index in [-0.39, 0.29) is 94.3 Å². The Morgan fingerprint density at radius 3 is 2.47 bits per heavy atom. The normalized spacial score (nSPS) is 43.8. The van der Waals surface area contributed by atoms with Crippen LogP contribution in [0.15, 0.2) is 0 Å². The van der Waals surface area contributed by atoms with E-state index >= 15 is 0 Å². The molecule has 0 amide bonds. The molecule has 6 heteroatoms. The van der Waals surface area contributed by atoms with Crippen molar-refractivity contribution in [1.82, 2.24) is 0 Å². The monoisotopic (exact) mass is 425 g/mol. The molecule has 4 rings (SSSR count). The van der Waals surface area contributed by atoms with Crippen LogP contribution in [0.5, 0.6) is 0 Å². The standard InChI is InChI=1S/C24H34O5.Na/c1-13(4-7-21(28)29)16-5-6-17-22-18(12-20(27)24(16,17)3)23(2)9-8-15(25)10-14(23)11-19(22)26;/h13-14,16-18,22H,4-12H2,1-3H3,(H,28,29);/t13-,14+,16-,17+,18+,22+,23+,24-;/m1./s1. The van der Waals surface area contributed by atoms with Crippen molar-refractivity contribution in [2.24, 2.45) is 46.3 Å². The summed E-state index contributed by atoms with van der Waals surface area (Å²) in [5, 5.41) is 9.06. The molecule has 0 aromatic carbocycles. The van der Waals surface area contributed by atoms with Gasteiger partial charge in [0.05, 0.1) is 0 Å². The van der Waals surface area contributed by atoms with Gasteiger partial charge in [-0.3, -0.25) is 19.2 Å². The summed E-state index contributed by atoms with van der Waals surface area (Å²) in [6, 6.07) is 0. The maximum absolute atomic E-state index is 13.6. The Kier molecular flexibility index (Phi) is 6.79. The minimum atomic E-state index is -0.792. The van der Waals surface area contributed by atoms with Gasteiger partial charge < -0.3 is 5.11 Å². The van der Waals surface area contributed by atoms with Crippen molar-refractivity contribution in [2.75, 3.05) is 0 Å². The second kappa shape index (κ2) is 8.44. The molecule has 161 valence electrons. The molecule has 8 atom stereocenters. The van der Waals surface area contributed by atoms with Crippen LogP contribution in [0.3, 0.4) is 0 Å². The van der Waals surface area contributed by atoms with Gasteiger partial charge in [-0.2, -0.15) is 0 Å². The molecule has 1 radical (unpaired) electrons. The number of hydrogen-bond donors (Lipinski definition) is 1. The minimum Gasteiger partial charge on any atom is -0.481 e. The first kappa shape index (κ1) is 24.1. The summed E-state index contributed by atoms with van der Waals surface area (Å²) in [4.78, 5) is 50.0. The Morgan fingerprint density at radius 2 is 1.80 bits per heavy atom. The molecule has 0 aliphatic heterocycles. The first-order valence-electron chi connectivity index (χ1n) is 11.4. The van der Waals surface area contributed by atoms with Crippen molar-refractivity contribution in [1.29, 1.82) is 0 Å². The van der Waals surface area contributed by atoms with E-state index in [0.29, 0.717) is 32.1 Å². The molecule has 0 aromatic heterocycles. The van der Waals surface area contributed by atoms with Gasteiger partial charge in [-0.25, -0.2) is 0 Å². The van der Waals surface area contributed by atoms with Crippen LogP contribution in [-0.4, -0.2) is 58.0 Å². The molecule has 5 nitrogen and oxygen atoms in total. The molecule has 0 aromatic rings. The van der Waals surface area contributed by atoms with Crippen LogP contribution in [-0.2, 0) is 19.2 Å². The molecule has 0 unspecified atom stereocenters. The van der Waals surface area contributed by atoms with Gasteiger partial charge in [-0.1, -0.05) is 20.8 Å². The molecule has 30 heavy (non-hydrogen) atoms. The maximum atomic E-state index is 13.6. The van der Waals surface area contributed by atoms with Crippen molar-refractivity contribution in [3.63, 3.8) is 0 Å². The van der Waals surface area contributed by atoms with Crippen molar-refractivity contribution in [2.45, 2.75) is 78.6 Å². The van der Waals surface area contributed by atoms with Crippen molar-refractivity contribution in [3.05, 3.63) is 0 Å². The largest absolute Gasteiger partial charge is 0.481 e. The van der Waals surface area contributed by atoms with E-state index in [4.69, 9.17) is 5.11 Å². The van der Waals surface area contributed by atoms with E-state index in [9.17, 15) is 19.2 Å². The van der Waals surface area contributed by atoms with Crippen LogP contribution in [0.2, 0.25) is 0 Å². The van der Waals surface area contributed by atoms with Crippen molar-refractivity contribution < 1.29 is 24.3 Å². The van der Waals surface area contributed by atoms with Gasteiger partial charge >= 0.3 is 5.97 Å². The molecule has 1 N–H and O–H groups in total. The molecule has 4 saturated carbocycles. The fraction of sp³-hybridized carbons (Fsp3) is 0.833. The number of rotatable bonds is 4. The summed E-state index contributed by atoms with van der Waals surface area (Å²) in [6.07, 6.45) is 5.33. The van der Waals surface area contributed by atoms with E-state index in [2.05, 4.69) is 20.8 Å². The van der Waals surface area contributed by atoms with Gasteiger partial charge in [0.1, 0.15) is 17.3 Å². The zero-order chi connectivity index (χ0) is 21.1. The van der Waals surface area contributed by atoms with Gasteiger partial charge in [-0.05, 0) is 60.7 Å². The number of carbonyl (C=O) groups is 4. The van der Waals surface area contributed by atoms with Gasteiger partial charge in [0, 0.05) is 73.0 Å². The predicted octanol–water partition coefficient (Wildman–Crippen LogP) is 3.69. The summed E-state index contributed by atoms with van der Waals surface area (Å²) in [5.74, 6) is 0.524. The number of hydrogen-bond acceptors (Lipinski definition) is 4. The van der Waals surface area contributed by atoms with Crippen molar-refractivity contribution in [3.8, 4) is 0 Å². The topological polar surface area (TPSA) is 88.5 Å². The first-order chi connectivity index (χ1) is 13.6. The molecular weight excluding hydrogens is 391 g/mol. The van der Waals surface area contributed by atoms with Gasteiger partial charge in [-0.15, -0.1) is 0 Å². The average Bonchev–Trinajstić information content (AvgIpc) is 3.01. The number of carbonyl (C=O) groups excluding carboxylic acids is 3. The minimum absolute atomic E-state index is 0. The molecule has 0 bridgehead atoms. The van der Waals surface area contributed by atoms with Crippen molar-refractivity contribution >= 4 is 52.9 Å². The molecule has 0 heterocycles. The molecule has 4 aliphatic carbocycles. The van der Waals surface area contributed by atoms with Gasteiger partial charge in [0.25, 0.3) is 0 Å². The van der Waals surface area contributed by atoms with Crippen LogP contribution in [0.4, 0.5) is 0 Å². The van der Waals surface area contributed by atoms with Crippen LogP contribution in [0, 0.1) is 46.3 Å². The van der Waals surface area contributed by atoms with E-state index in [1.165, 1.54) is 0 Å². The number of carboxylic acids is 1. The fourth-order valence-corrected chi connectivity index (χ4v) is 7.94. The predicted molar refractivity (Wildman–Crippen MR) is 113 cm³/mol. The number of carboxylic acid groups (broad SMARTS) is 1. The van der Waals surface area contributed by atoms with E-state index < -0.39 is 11.4 Å². The summed E-state index contributed by atoms with van der Waals surface area (Å²) < 4.78 is 0. The van der Waals surface area contributed by atoms with Gasteiger partial charge in [0.15, 0.2) is 0 Å². The fourth-order valence-electron chi connectivity index (χ4n) is 7.94. The third-order valence-corrected chi connectivity index (χ3v) is 9.72. The average molecular weight is 426 g/mol. The summed E-state index contributed by atoms with van der Waals surface area (Å²) in [6.45, 7) is 6.37. The second-order valence-corrected chi connectivity index (χ2v) is 10.9. The summed E-state index contributed by atoms with van der Waals surface area (Å²) in [5.41, 5.74) is -0.598. The van der Waals surface area contributed by atoms with E-state index in [1.807, 2.05) is 0 Å². The van der Waals surface area contributed by atoms with Crippen LogP contribution in [0.1, 0.15) is 78.6 Å². The number of fused-ring (bicyclic) bond motifs is 5. The van der Waals surface area contributed by atoms with Gasteiger partial charge in [0.2, 0.25) is 0 Å². The van der Waals surface area contributed by atoms with E-state index in [1.54, 1.807) is 0 Å². The SMILES string of the molecule is C[C@H](CCC(=O)O)[C@H]1CC[C@H]2[C@@H]3C(=O)C[C@@H]4CC(=O)CC[C@]4(C)[C@H]3CC(=O)[C@]12C.[Na]. The number of aliphatic carboxylic acids is 1. The smallest absolute Gasteiger partial charge is 0.303 e. The Balaban J connectivity index is 0.00000256.